The van der Waals surface area contributed by atoms with E-state index in [4.69, 9.17) is 9.47 Å². The van der Waals surface area contributed by atoms with Gasteiger partial charge in [-0.1, -0.05) is 6.07 Å². The first-order valence-corrected chi connectivity index (χ1v) is 6.77. The first-order valence-electron chi connectivity index (χ1n) is 6.77. The lowest BCUT2D eigenvalue weighted by atomic mass is 10.1. The lowest BCUT2D eigenvalue weighted by molar-refractivity contribution is 0.354. The second kappa shape index (κ2) is 6.43. The van der Waals surface area contributed by atoms with Crippen molar-refractivity contribution in [2.75, 3.05) is 26.2 Å². The molecule has 1 aromatic carbocycles. The third kappa shape index (κ3) is 3.24. The van der Waals surface area contributed by atoms with Crippen LogP contribution in [-0.4, -0.2) is 31.2 Å². The van der Waals surface area contributed by atoms with E-state index in [1.165, 1.54) is 0 Å². The normalized spacial score (nSPS) is 10.3. The Balaban J connectivity index is 2.23. The van der Waals surface area contributed by atoms with Crippen molar-refractivity contribution < 1.29 is 9.47 Å². The maximum atomic E-state index is 5.34. The van der Waals surface area contributed by atoms with Gasteiger partial charge in [-0.25, -0.2) is 9.97 Å². The molecular weight excluding hydrogens is 266 g/mol. The molecule has 0 atom stereocenters. The molecule has 21 heavy (non-hydrogen) atoms. The number of hydrogen-bond donors (Lipinski definition) is 0. The van der Waals surface area contributed by atoms with E-state index in [0.717, 1.165) is 40.7 Å². The fourth-order valence-corrected chi connectivity index (χ4v) is 2.24. The number of ether oxygens (including phenoxy) is 2. The number of methoxy groups -OCH3 is 2. The van der Waals surface area contributed by atoms with Crippen molar-refractivity contribution >= 4 is 5.82 Å². The highest BCUT2D eigenvalue weighted by molar-refractivity contribution is 5.49. The van der Waals surface area contributed by atoms with Gasteiger partial charge in [-0.15, -0.1) is 0 Å². The molecule has 1 aromatic heterocycles. The number of aromatic nitrogens is 2. The van der Waals surface area contributed by atoms with Gasteiger partial charge < -0.3 is 14.4 Å². The molecule has 0 bridgehead atoms. The molecule has 5 nitrogen and oxygen atoms in total. The van der Waals surface area contributed by atoms with Crippen molar-refractivity contribution in [2.24, 2.45) is 0 Å². The van der Waals surface area contributed by atoms with Crippen molar-refractivity contribution in [3.05, 3.63) is 41.3 Å². The highest BCUT2D eigenvalue weighted by Crippen LogP contribution is 2.28. The molecular formula is C16H21N3O2. The van der Waals surface area contributed by atoms with Gasteiger partial charge in [-0.2, -0.15) is 0 Å². The molecule has 112 valence electrons. The molecule has 1 heterocycles. The van der Waals surface area contributed by atoms with Crippen LogP contribution in [0.2, 0.25) is 0 Å². The van der Waals surface area contributed by atoms with E-state index in [9.17, 15) is 0 Å². The second-order valence-electron chi connectivity index (χ2n) is 4.95. The molecule has 5 heteroatoms. The van der Waals surface area contributed by atoms with E-state index in [-0.39, 0.29) is 0 Å². The largest absolute Gasteiger partial charge is 0.493 e. The van der Waals surface area contributed by atoms with Gasteiger partial charge in [0, 0.05) is 24.8 Å². The number of aryl methyl sites for hydroxylation is 1. The van der Waals surface area contributed by atoms with Crippen LogP contribution < -0.4 is 14.4 Å². The van der Waals surface area contributed by atoms with Crippen LogP contribution in [0.1, 0.15) is 16.8 Å². The van der Waals surface area contributed by atoms with Crippen molar-refractivity contribution in [1.82, 2.24) is 9.97 Å². The summed E-state index contributed by atoms with van der Waals surface area (Å²) in [7, 11) is 5.30. The molecule has 0 aliphatic heterocycles. The van der Waals surface area contributed by atoms with Crippen molar-refractivity contribution in [3.63, 3.8) is 0 Å². The quantitative estimate of drug-likeness (QED) is 0.846. The molecule has 0 saturated heterocycles. The summed E-state index contributed by atoms with van der Waals surface area (Å²) in [4.78, 5) is 10.7. The minimum Gasteiger partial charge on any atom is -0.493 e. The van der Waals surface area contributed by atoms with Crippen LogP contribution in [0.25, 0.3) is 0 Å². The van der Waals surface area contributed by atoms with Gasteiger partial charge in [0.2, 0.25) is 0 Å². The summed E-state index contributed by atoms with van der Waals surface area (Å²) in [5.74, 6) is 2.41. The topological polar surface area (TPSA) is 47.5 Å². The minimum absolute atomic E-state index is 0.734. The first-order chi connectivity index (χ1) is 10.1. The lowest BCUT2D eigenvalue weighted by Crippen LogP contribution is -2.19. The Hall–Kier alpha value is -2.30. The maximum Gasteiger partial charge on any atom is 0.161 e. The summed E-state index contributed by atoms with van der Waals surface area (Å²) in [6.07, 6.45) is 1.60. The Morgan fingerprint density at radius 3 is 2.43 bits per heavy atom. The Bertz CT molecular complexity index is 629. The average molecular weight is 287 g/mol. The van der Waals surface area contributed by atoms with E-state index >= 15 is 0 Å². The van der Waals surface area contributed by atoms with Crippen LogP contribution in [-0.2, 0) is 6.54 Å². The van der Waals surface area contributed by atoms with E-state index in [0.29, 0.717) is 0 Å². The number of hydrogen-bond acceptors (Lipinski definition) is 5. The van der Waals surface area contributed by atoms with Crippen LogP contribution in [0, 0.1) is 13.8 Å². The minimum atomic E-state index is 0.734. The van der Waals surface area contributed by atoms with Gasteiger partial charge in [0.05, 0.1) is 14.2 Å². The molecule has 0 unspecified atom stereocenters. The zero-order valence-corrected chi connectivity index (χ0v) is 13.2. The Labute approximate surface area is 125 Å². The molecule has 0 saturated carbocycles. The number of nitrogens with zero attached hydrogens (tertiary/aromatic N) is 3. The Morgan fingerprint density at radius 2 is 1.76 bits per heavy atom. The van der Waals surface area contributed by atoms with Gasteiger partial charge >= 0.3 is 0 Å². The Kier molecular flexibility index (Phi) is 4.62. The maximum absolute atomic E-state index is 5.34. The highest BCUT2D eigenvalue weighted by atomic mass is 16.5. The van der Waals surface area contributed by atoms with E-state index in [1.807, 2.05) is 39.1 Å². The van der Waals surface area contributed by atoms with Crippen LogP contribution in [0.3, 0.4) is 0 Å². The van der Waals surface area contributed by atoms with Gasteiger partial charge in [0.15, 0.2) is 11.5 Å². The molecule has 0 aliphatic rings. The van der Waals surface area contributed by atoms with E-state index in [1.54, 1.807) is 20.5 Å². The summed E-state index contributed by atoms with van der Waals surface area (Å²) >= 11 is 0. The average Bonchev–Trinajstić information content (AvgIpc) is 2.49. The van der Waals surface area contributed by atoms with Crippen LogP contribution in [0.15, 0.2) is 24.5 Å². The molecule has 0 fully saturated rings. The second-order valence-corrected chi connectivity index (χ2v) is 4.95. The molecule has 0 spiro atoms. The van der Waals surface area contributed by atoms with Gasteiger partial charge in [-0.05, 0) is 31.5 Å². The third-order valence-corrected chi connectivity index (χ3v) is 3.54. The fraction of sp³-hybridized carbons (Fsp3) is 0.375. The van der Waals surface area contributed by atoms with Gasteiger partial charge in [0.1, 0.15) is 12.1 Å². The first kappa shape index (κ1) is 15.1. The SMILES string of the molecule is COc1ccc(CN(C)c2ncnc(C)c2C)cc1OC. The zero-order valence-electron chi connectivity index (χ0n) is 13.2. The molecule has 0 aliphatic carbocycles. The smallest absolute Gasteiger partial charge is 0.161 e. The van der Waals surface area contributed by atoms with Crippen molar-refractivity contribution in [2.45, 2.75) is 20.4 Å². The van der Waals surface area contributed by atoms with E-state index in [2.05, 4.69) is 14.9 Å². The molecule has 2 rings (SSSR count). The van der Waals surface area contributed by atoms with Crippen molar-refractivity contribution in [3.8, 4) is 11.5 Å². The van der Waals surface area contributed by atoms with Gasteiger partial charge in [0.25, 0.3) is 0 Å². The standard InChI is InChI=1S/C16H21N3O2/c1-11-12(2)17-10-18-16(11)19(3)9-13-6-7-14(20-4)15(8-13)21-5/h6-8,10H,9H2,1-5H3. The summed E-state index contributed by atoms with van der Waals surface area (Å²) in [6, 6.07) is 5.93. The van der Waals surface area contributed by atoms with Crippen molar-refractivity contribution in [1.29, 1.82) is 0 Å². The Morgan fingerprint density at radius 1 is 1.05 bits per heavy atom. The molecule has 0 radical (unpaired) electrons. The lowest BCUT2D eigenvalue weighted by Gasteiger charge is -2.21. The van der Waals surface area contributed by atoms with Crippen LogP contribution >= 0.6 is 0 Å². The zero-order chi connectivity index (χ0) is 15.4. The third-order valence-electron chi connectivity index (χ3n) is 3.54. The molecule has 0 amide bonds. The predicted molar refractivity (Wildman–Crippen MR) is 83.2 cm³/mol. The predicted octanol–water partition coefficient (Wildman–Crippen LogP) is 2.75. The van der Waals surface area contributed by atoms with Gasteiger partial charge in [-0.3, -0.25) is 0 Å². The fourth-order valence-electron chi connectivity index (χ4n) is 2.24. The monoisotopic (exact) mass is 287 g/mol. The number of benzene rings is 1. The number of anilines is 1. The van der Waals surface area contributed by atoms with Crippen LogP contribution in [0.4, 0.5) is 5.82 Å². The highest BCUT2D eigenvalue weighted by Gasteiger charge is 2.11. The van der Waals surface area contributed by atoms with E-state index < -0.39 is 0 Å². The summed E-state index contributed by atoms with van der Waals surface area (Å²) in [6.45, 7) is 4.76. The number of rotatable bonds is 5. The molecule has 0 N–H and O–H groups in total. The summed E-state index contributed by atoms with van der Waals surface area (Å²) < 4.78 is 10.6. The van der Waals surface area contributed by atoms with Crippen LogP contribution in [0.5, 0.6) is 11.5 Å². The summed E-state index contributed by atoms with van der Waals surface area (Å²) in [5, 5.41) is 0. The molecule has 2 aromatic rings. The summed E-state index contributed by atoms with van der Waals surface area (Å²) in [5.41, 5.74) is 3.23.